The topological polar surface area (TPSA) is 95.5 Å². The van der Waals surface area contributed by atoms with Crippen LogP contribution in [0.4, 0.5) is 0 Å². The normalized spacial score (nSPS) is 28.1. The molecule has 2 aromatic rings. The van der Waals surface area contributed by atoms with Crippen LogP contribution in [-0.4, -0.2) is 32.1 Å². The van der Waals surface area contributed by atoms with E-state index in [1.165, 1.54) is 12.2 Å². The Balaban J connectivity index is 1.88. The van der Waals surface area contributed by atoms with Gasteiger partial charge in [0.2, 0.25) is 0 Å². The summed E-state index contributed by atoms with van der Waals surface area (Å²) in [5.41, 5.74) is 0.394. The van der Waals surface area contributed by atoms with Crippen molar-refractivity contribution >= 4 is 80.8 Å². The summed E-state index contributed by atoms with van der Waals surface area (Å²) in [5, 5.41) is 24.2. The van der Waals surface area contributed by atoms with Crippen molar-refractivity contribution in [3.8, 4) is 0 Å². The molecule has 0 aliphatic heterocycles. The van der Waals surface area contributed by atoms with Crippen LogP contribution >= 0.6 is 69.6 Å². The van der Waals surface area contributed by atoms with Crippen molar-refractivity contribution < 1.29 is 14.6 Å². The average Bonchev–Trinajstić information content (AvgIpc) is 2.84. The number of ether oxygens (including phenoxy) is 1. The lowest BCUT2D eigenvalue weighted by atomic mass is 9.87. The second-order valence-corrected chi connectivity index (χ2v) is 10.8. The molecule has 4 rings (SSSR count). The largest absolute Gasteiger partial charge is 0.353 e. The predicted octanol–water partition coefficient (Wildman–Crippen LogP) is 7.74. The molecule has 0 radical (unpaired) electrons. The number of alkyl halides is 2. The fourth-order valence-corrected chi connectivity index (χ4v) is 6.67. The number of nitro groups is 2. The molecule has 13 heteroatoms. The van der Waals surface area contributed by atoms with Gasteiger partial charge < -0.3 is 4.74 Å². The highest BCUT2D eigenvalue weighted by Crippen LogP contribution is 2.53. The number of nitrogens with zero attached hydrogens (tertiary/aromatic N) is 2. The van der Waals surface area contributed by atoms with Gasteiger partial charge in [-0.2, -0.15) is 0 Å². The highest BCUT2D eigenvalue weighted by atomic mass is 35.5. The lowest BCUT2D eigenvalue weighted by Crippen LogP contribution is -2.55. The van der Waals surface area contributed by atoms with Gasteiger partial charge in [-0.05, 0) is 46.5 Å². The zero-order valence-electron chi connectivity index (χ0n) is 18.3. The first-order chi connectivity index (χ1) is 17.4. The van der Waals surface area contributed by atoms with E-state index in [1.54, 1.807) is 60.7 Å². The minimum atomic E-state index is -2.60. The van der Waals surface area contributed by atoms with E-state index in [0.717, 1.165) is 0 Å². The van der Waals surface area contributed by atoms with Crippen molar-refractivity contribution in [3.05, 3.63) is 124 Å². The monoisotopic (exact) mass is 620 g/mol. The Kier molecular flexibility index (Phi) is 7.98. The van der Waals surface area contributed by atoms with Crippen LogP contribution in [0.5, 0.6) is 0 Å². The summed E-state index contributed by atoms with van der Waals surface area (Å²) in [7, 11) is 0. The van der Waals surface area contributed by atoms with E-state index in [4.69, 9.17) is 74.3 Å². The van der Waals surface area contributed by atoms with Crippen LogP contribution < -0.4 is 0 Å². The van der Waals surface area contributed by atoms with E-state index >= 15 is 0 Å². The molecule has 0 heterocycles. The maximum Gasteiger partial charge on any atom is 0.353 e. The Hall–Kier alpha value is -2.10. The van der Waals surface area contributed by atoms with Crippen molar-refractivity contribution in [1.29, 1.82) is 0 Å². The zero-order valence-corrected chi connectivity index (χ0v) is 22.8. The van der Waals surface area contributed by atoms with Gasteiger partial charge in [-0.3, -0.25) is 20.2 Å². The Morgan fingerprint density at radius 2 is 0.973 bits per heavy atom. The van der Waals surface area contributed by atoms with Crippen LogP contribution in [-0.2, 0) is 4.74 Å². The molecular weight excluding hydrogens is 609 g/mol. The molecule has 7 nitrogen and oxygen atoms in total. The maximum absolute atomic E-state index is 12.5. The van der Waals surface area contributed by atoms with Crippen molar-refractivity contribution in [2.45, 2.75) is 22.2 Å². The molecule has 192 valence electrons. The number of benzene rings is 2. The molecular formula is C24H14Cl6N2O5. The highest BCUT2D eigenvalue weighted by molar-refractivity contribution is 6.43. The summed E-state index contributed by atoms with van der Waals surface area (Å²) in [6.45, 7) is 0. The second-order valence-electron chi connectivity index (χ2n) is 7.99. The summed E-state index contributed by atoms with van der Waals surface area (Å²) < 4.78 is 5.98. The minimum absolute atomic E-state index is 0.104. The Labute approximate surface area is 240 Å². The van der Waals surface area contributed by atoms with Crippen LogP contribution in [0.2, 0.25) is 0 Å². The molecule has 0 saturated heterocycles. The third-order valence-electron chi connectivity index (χ3n) is 5.83. The van der Waals surface area contributed by atoms with Crippen LogP contribution in [0.25, 0.3) is 11.1 Å². The SMILES string of the molecule is O=[N+]([O-])C1(Cl)C(c2ccccc2)=C(Cl)C=C(Cl)C1OC1C(Cl)=CC(Cl)=C(c2ccccc2)C1(Cl)[N+](=O)[O-]. The van der Waals surface area contributed by atoms with Crippen molar-refractivity contribution in [1.82, 2.24) is 0 Å². The number of allylic oxidation sites excluding steroid dienone is 4. The van der Waals surface area contributed by atoms with Gasteiger partial charge in [0.1, 0.15) is 0 Å². The summed E-state index contributed by atoms with van der Waals surface area (Å²) in [6.07, 6.45) is -1.13. The number of hydrogen-bond acceptors (Lipinski definition) is 5. The first-order valence-electron chi connectivity index (χ1n) is 10.4. The van der Waals surface area contributed by atoms with Gasteiger partial charge in [-0.25, -0.2) is 0 Å². The number of rotatable bonds is 6. The maximum atomic E-state index is 12.5. The number of halogens is 6. The average molecular weight is 623 g/mol. The molecule has 2 aliphatic carbocycles. The molecule has 0 fully saturated rings. The fourth-order valence-electron chi connectivity index (χ4n) is 4.21. The molecule has 4 unspecified atom stereocenters. The number of hydrogen-bond donors (Lipinski definition) is 0. The minimum Gasteiger partial charge on any atom is -0.345 e. The molecule has 0 N–H and O–H groups in total. The Morgan fingerprint density at radius 3 is 1.27 bits per heavy atom. The van der Waals surface area contributed by atoms with Crippen molar-refractivity contribution in [2.24, 2.45) is 0 Å². The Bertz CT molecular complexity index is 1290. The highest BCUT2D eigenvalue weighted by Gasteiger charge is 2.64. The van der Waals surface area contributed by atoms with Gasteiger partial charge >= 0.3 is 10.00 Å². The molecule has 37 heavy (non-hydrogen) atoms. The molecule has 0 bridgehead atoms. The first-order valence-corrected chi connectivity index (χ1v) is 12.7. The van der Waals surface area contributed by atoms with Gasteiger partial charge in [0.15, 0.2) is 12.2 Å². The van der Waals surface area contributed by atoms with Gasteiger partial charge in [0.25, 0.3) is 0 Å². The van der Waals surface area contributed by atoms with Gasteiger partial charge in [0, 0.05) is 0 Å². The molecule has 4 atom stereocenters. The zero-order chi connectivity index (χ0) is 27.1. The molecule has 0 amide bonds. The smallest absolute Gasteiger partial charge is 0.345 e. The lowest BCUT2D eigenvalue weighted by molar-refractivity contribution is -0.549. The van der Waals surface area contributed by atoms with E-state index in [-0.39, 0.29) is 31.3 Å². The van der Waals surface area contributed by atoms with Crippen LogP contribution in [0.1, 0.15) is 11.1 Å². The van der Waals surface area contributed by atoms with Crippen molar-refractivity contribution in [3.63, 3.8) is 0 Å². The molecule has 2 aromatic carbocycles. The van der Waals surface area contributed by atoms with Gasteiger partial charge in [0.05, 0.1) is 41.1 Å². The van der Waals surface area contributed by atoms with E-state index in [2.05, 4.69) is 0 Å². The third kappa shape index (κ3) is 4.68. The Morgan fingerprint density at radius 1 is 0.649 bits per heavy atom. The van der Waals surface area contributed by atoms with E-state index in [0.29, 0.717) is 11.1 Å². The van der Waals surface area contributed by atoms with Gasteiger partial charge in [-0.1, -0.05) is 107 Å². The summed E-state index contributed by atoms with van der Waals surface area (Å²) in [6, 6.07) is 16.2. The fraction of sp³-hybridized carbons (Fsp3) is 0.167. The molecule has 2 aliphatic rings. The van der Waals surface area contributed by atoms with Crippen LogP contribution in [0, 0.1) is 20.2 Å². The standard InChI is InChI=1S/C24H14Cl6N2O5/c25-15-11-17(27)21(23(29,31(33)34)19(15)13-7-3-1-4-8-13)37-22-18(28)12-16(26)20(24(22,30)32(35)36)14-9-5-2-6-10-14/h1-12,21-22H. The van der Waals surface area contributed by atoms with Gasteiger partial charge in [-0.15, -0.1) is 0 Å². The quantitative estimate of drug-likeness (QED) is 0.142. The van der Waals surface area contributed by atoms with E-state index in [1.807, 2.05) is 0 Å². The molecule has 0 saturated carbocycles. The summed E-state index contributed by atoms with van der Waals surface area (Å²) in [5.74, 6) is 0. The van der Waals surface area contributed by atoms with Crippen LogP contribution in [0.3, 0.4) is 0 Å². The second kappa shape index (κ2) is 10.6. The summed E-state index contributed by atoms with van der Waals surface area (Å²) in [4.78, 5) is 18.1. The summed E-state index contributed by atoms with van der Waals surface area (Å²) >= 11 is 38.9. The molecule has 0 aromatic heterocycles. The van der Waals surface area contributed by atoms with Crippen LogP contribution in [0.15, 0.2) is 92.9 Å². The van der Waals surface area contributed by atoms with E-state index in [9.17, 15) is 20.2 Å². The van der Waals surface area contributed by atoms with Crippen molar-refractivity contribution in [2.75, 3.05) is 0 Å². The van der Waals surface area contributed by atoms with E-state index < -0.39 is 32.1 Å². The first kappa shape index (κ1) is 27.9. The predicted molar refractivity (Wildman–Crippen MR) is 146 cm³/mol. The lowest BCUT2D eigenvalue weighted by Gasteiger charge is -2.38. The third-order valence-corrected chi connectivity index (χ3v) is 8.09. The molecule has 0 spiro atoms.